The fraction of sp³-hybridized carbons (Fsp3) is 0.300. The van der Waals surface area contributed by atoms with Gasteiger partial charge in [0.05, 0.1) is 10.4 Å². The summed E-state index contributed by atoms with van der Waals surface area (Å²) in [7, 11) is 0. The summed E-state index contributed by atoms with van der Waals surface area (Å²) < 4.78 is 0.626. The van der Waals surface area contributed by atoms with E-state index >= 15 is 0 Å². The Kier molecular flexibility index (Phi) is 2.93. The maximum Gasteiger partial charge on any atom is 0.150 e. The molecule has 0 aliphatic carbocycles. The lowest BCUT2D eigenvalue weighted by atomic mass is 10.1. The Morgan fingerprint density at radius 1 is 1.47 bits per heavy atom. The van der Waals surface area contributed by atoms with Crippen LogP contribution in [0.15, 0.2) is 17.8 Å². The van der Waals surface area contributed by atoms with Gasteiger partial charge in [-0.25, -0.2) is 4.98 Å². The van der Waals surface area contributed by atoms with E-state index in [2.05, 4.69) is 28.8 Å². The topological polar surface area (TPSA) is 41.6 Å². The monoisotopic (exact) mass is 237 g/mol. The summed E-state index contributed by atoms with van der Waals surface area (Å²) in [6.45, 7) is 4.24. The first kappa shape index (κ1) is 10.4. The molecule has 0 radical (unpaired) electrons. The molecule has 5 heteroatoms. The minimum Gasteiger partial charge on any atom is -0.342 e. The molecule has 2 aromatic rings. The van der Waals surface area contributed by atoms with E-state index < -0.39 is 0 Å². The maximum atomic E-state index is 5.13. The van der Waals surface area contributed by atoms with Gasteiger partial charge in [-0.05, 0) is 12.0 Å². The van der Waals surface area contributed by atoms with Gasteiger partial charge in [-0.1, -0.05) is 26.1 Å². The summed E-state index contributed by atoms with van der Waals surface area (Å²) in [4.78, 5) is 12.6. The number of hydrogen-bond donors (Lipinski definition) is 1. The third-order valence-corrected chi connectivity index (χ3v) is 3.04. The van der Waals surface area contributed by atoms with E-state index in [4.69, 9.17) is 12.2 Å². The molecule has 0 aliphatic rings. The Bertz CT molecular complexity index is 500. The smallest absolute Gasteiger partial charge is 0.150 e. The molecule has 15 heavy (non-hydrogen) atoms. The third-order valence-electron chi connectivity index (χ3n) is 2.05. The average molecular weight is 237 g/mol. The largest absolute Gasteiger partial charge is 0.342 e. The zero-order valence-electron chi connectivity index (χ0n) is 8.52. The molecule has 0 bridgehead atoms. The van der Waals surface area contributed by atoms with Crippen LogP contribution in [-0.4, -0.2) is 15.0 Å². The van der Waals surface area contributed by atoms with Gasteiger partial charge in [0.25, 0.3) is 0 Å². The zero-order chi connectivity index (χ0) is 10.8. The Morgan fingerprint density at radius 2 is 2.27 bits per heavy atom. The predicted octanol–water partition coefficient (Wildman–Crippen LogP) is 3.39. The van der Waals surface area contributed by atoms with Crippen molar-refractivity contribution in [2.75, 3.05) is 0 Å². The van der Waals surface area contributed by atoms with E-state index in [1.54, 1.807) is 23.0 Å². The lowest BCUT2D eigenvalue weighted by molar-refractivity contribution is 0.815. The SMILES string of the molecule is CC(C)c1cc(=S)nc(-c2cncs2)[nH]1. The van der Waals surface area contributed by atoms with Crippen molar-refractivity contribution in [2.45, 2.75) is 19.8 Å². The molecule has 0 fully saturated rings. The van der Waals surface area contributed by atoms with Crippen molar-refractivity contribution in [3.8, 4) is 10.7 Å². The highest BCUT2D eigenvalue weighted by atomic mass is 32.1. The van der Waals surface area contributed by atoms with Crippen LogP contribution in [0.4, 0.5) is 0 Å². The second-order valence-electron chi connectivity index (χ2n) is 3.54. The van der Waals surface area contributed by atoms with E-state index in [9.17, 15) is 0 Å². The van der Waals surface area contributed by atoms with Gasteiger partial charge in [-0.15, -0.1) is 11.3 Å². The molecule has 2 heterocycles. The van der Waals surface area contributed by atoms with Crippen LogP contribution in [0.3, 0.4) is 0 Å². The number of hydrogen-bond acceptors (Lipinski definition) is 4. The fourth-order valence-corrected chi connectivity index (χ4v) is 2.02. The first-order valence-corrected chi connectivity index (χ1v) is 5.95. The molecule has 0 spiro atoms. The molecule has 3 nitrogen and oxygen atoms in total. The normalized spacial score (nSPS) is 10.9. The van der Waals surface area contributed by atoms with Crippen molar-refractivity contribution in [3.05, 3.63) is 28.1 Å². The zero-order valence-corrected chi connectivity index (χ0v) is 10.2. The van der Waals surface area contributed by atoms with Crippen LogP contribution in [0.1, 0.15) is 25.5 Å². The number of aromatic amines is 1. The minimum absolute atomic E-state index is 0.418. The van der Waals surface area contributed by atoms with Crippen molar-refractivity contribution < 1.29 is 0 Å². The summed E-state index contributed by atoms with van der Waals surface area (Å²) in [6, 6.07) is 1.91. The average Bonchev–Trinajstić information content (AvgIpc) is 2.69. The second kappa shape index (κ2) is 4.20. The Labute approximate surface area is 97.2 Å². The van der Waals surface area contributed by atoms with Crippen LogP contribution in [0.5, 0.6) is 0 Å². The number of nitrogens with zero attached hydrogens (tertiary/aromatic N) is 2. The molecule has 2 aromatic heterocycles. The number of H-pyrrole nitrogens is 1. The Hall–Kier alpha value is -1.07. The minimum atomic E-state index is 0.418. The van der Waals surface area contributed by atoms with Crippen LogP contribution in [0, 0.1) is 4.64 Å². The molecule has 0 aliphatic heterocycles. The lowest BCUT2D eigenvalue weighted by Crippen LogP contribution is -1.96. The molecule has 78 valence electrons. The van der Waals surface area contributed by atoms with E-state index in [1.165, 1.54) is 0 Å². The van der Waals surface area contributed by atoms with E-state index in [-0.39, 0.29) is 0 Å². The second-order valence-corrected chi connectivity index (χ2v) is 4.85. The summed E-state index contributed by atoms with van der Waals surface area (Å²) in [6.07, 6.45) is 1.79. The summed E-state index contributed by atoms with van der Waals surface area (Å²) >= 11 is 6.69. The predicted molar refractivity (Wildman–Crippen MR) is 64.6 cm³/mol. The Balaban J connectivity index is 2.54. The Morgan fingerprint density at radius 3 is 2.87 bits per heavy atom. The van der Waals surface area contributed by atoms with Crippen molar-refractivity contribution in [1.82, 2.24) is 15.0 Å². The standard InChI is InChI=1S/C10H11N3S2/c1-6(2)7-3-9(14)13-10(12-7)8-4-11-5-15-8/h3-6H,1-2H3,(H,12,13,14). The van der Waals surface area contributed by atoms with Crippen LogP contribution in [0.25, 0.3) is 10.7 Å². The van der Waals surface area contributed by atoms with Gasteiger partial charge in [0.2, 0.25) is 0 Å². The molecular weight excluding hydrogens is 226 g/mol. The number of aromatic nitrogens is 3. The number of thiazole rings is 1. The van der Waals surface area contributed by atoms with Crippen LogP contribution in [-0.2, 0) is 0 Å². The van der Waals surface area contributed by atoms with Gasteiger partial charge in [0, 0.05) is 11.9 Å². The van der Waals surface area contributed by atoms with Gasteiger partial charge in [0.15, 0.2) is 5.82 Å². The van der Waals surface area contributed by atoms with Crippen molar-refractivity contribution in [2.24, 2.45) is 0 Å². The molecule has 0 atom stereocenters. The lowest BCUT2D eigenvalue weighted by Gasteiger charge is -2.06. The van der Waals surface area contributed by atoms with Gasteiger partial charge in [-0.2, -0.15) is 0 Å². The molecule has 2 rings (SSSR count). The van der Waals surface area contributed by atoms with Gasteiger partial charge < -0.3 is 4.98 Å². The van der Waals surface area contributed by atoms with Crippen LogP contribution in [0.2, 0.25) is 0 Å². The highest BCUT2D eigenvalue weighted by Gasteiger charge is 2.05. The van der Waals surface area contributed by atoms with Crippen molar-refractivity contribution in [3.63, 3.8) is 0 Å². The first-order chi connectivity index (χ1) is 7.16. The molecular formula is C10H11N3S2. The highest BCUT2D eigenvalue weighted by Crippen LogP contribution is 2.21. The fourth-order valence-electron chi connectivity index (χ4n) is 1.24. The summed E-state index contributed by atoms with van der Waals surface area (Å²) in [5.41, 5.74) is 2.90. The summed E-state index contributed by atoms with van der Waals surface area (Å²) in [5.74, 6) is 1.23. The number of nitrogens with one attached hydrogen (secondary N) is 1. The van der Waals surface area contributed by atoms with Crippen LogP contribution >= 0.6 is 23.6 Å². The molecule has 0 aromatic carbocycles. The summed E-state index contributed by atoms with van der Waals surface area (Å²) in [5, 5.41) is 0. The van der Waals surface area contributed by atoms with Crippen molar-refractivity contribution in [1.29, 1.82) is 0 Å². The van der Waals surface area contributed by atoms with E-state index in [0.29, 0.717) is 10.6 Å². The van der Waals surface area contributed by atoms with Crippen molar-refractivity contribution >= 4 is 23.6 Å². The highest BCUT2D eigenvalue weighted by molar-refractivity contribution is 7.71. The molecule has 0 unspecified atom stereocenters. The number of rotatable bonds is 2. The van der Waals surface area contributed by atoms with Gasteiger partial charge in [0.1, 0.15) is 4.64 Å². The molecule has 0 saturated heterocycles. The van der Waals surface area contributed by atoms with Gasteiger partial charge >= 0.3 is 0 Å². The quantitative estimate of drug-likeness (QED) is 0.814. The van der Waals surface area contributed by atoms with E-state index in [1.807, 2.05) is 6.07 Å². The molecule has 0 saturated carbocycles. The maximum absolute atomic E-state index is 5.13. The van der Waals surface area contributed by atoms with E-state index in [0.717, 1.165) is 16.4 Å². The van der Waals surface area contributed by atoms with Crippen LogP contribution < -0.4 is 0 Å². The molecule has 0 amide bonds. The third kappa shape index (κ3) is 2.30. The van der Waals surface area contributed by atoms with Gasteiger partial charge in [-0.3, -0.25) is 4.98 Å². The first-order valence-electron chi connectivity index (χ1n) is 4.67. The molecule has 1 N–H and O–H groups in total.